The number of hydrogen-bond acceptors (Lipinski definition) is 1. The first-order chi connectivity index (χ1) is 11.3. The van der Waals surface area contributed by atoms with Gasteiger partial charge in [0.05, 0.1) is 0 Å². The minimum atomic E-state index is 0. The van der Waals surface area contributed by atoms with Gasteiger partial charge in [0.15, 0.2) is 0 Å². The number of likely N-dealkylation sites (tertiary alicyclic amines) is 1. The molecule has 0 unspecified atom stereocenters. The molecule has 1 aliphatic heterocycles. The van der Waals surface area contributed by atoms with Crippen LogP contribution in [0.2, 0.25) is 0 Å². The summed E-state index contributed by atoms with van der Waals surface area (Å²) in [4.78, 5) is 2.59. The number of nitrogens with zero attached hydrogens (tertiary/aromatic N) is 1. The maximum Gasteiger partial charge on any atom is 0.0169 e. The molecule has 0 atom stereocenters. The molecule has 0 aliphatic carbocycles. The van der Waals surface area contributed by atoms with Gasteiger partial charge in [0.25, 0.3) is 0 Å². The molecule has 1 saturated heterocycles. The molecule has 0 saturated carbocycles. The lowest BCUT2D eigenvalue weighted by molar-refractivity contribution is 0.200. The molecule has 0 amide bonds. The van der Waals surface area contributed by atoms with Crippen molar-refractivity contribution in [1.82, 2.24) is 4.90 Å². The Bertz CT molecular complexity index is 613. The summed E-state index contributed by atoms with van der Waals surface area (Å²) in [6.45, 7) is 5.77. The first kappa shape index (κ1) is 18.8. The number of piperidine rings is 1. The van der Waals surface area contributed by atoms with E-state index in [1.165, 1.54) is 49.1 Å². The third kappa shape index (κ3) is 5.51. The average molecular weight is 342 g/mol. The lowest BCUT2D eigenvalue weighted by atomic mass is 9.90. The van der Waals surface area contributed by atoms with E-state index in [9.17, 15) is 0 Å². The Morgan fingerprint density at radius 2 is 1.54 bits per heavy atom. The second kappa shape index (κ2) is 9.66. The molecule has 1 fully saturated rings. The number of rotatable bonds is 5. The van der Waals surface area contributed by atoms with E-state index in [4.69, 9.17) is 0 Å². The Morgan fingerprint density at radius 1 is 0.958 bits per heavy atom. The molecule has 1 nitrogen and oxygen atoms in total. The van der Waals surface area contributed by atoms with Crippen LogP contribution >= 0.6 is 12.4 Å². The van der Waals surface area contributed by atoms with E-state index in [-0.39, 0.29) is 12.4 Å². The zero-order valence-electron chi connectivity index (χ0n) is 14.5. The second-order valence-corrected chi connectivity index (χ2v) is 6.69. The van der Waals surface area contributed by atoms with Gasteiger partial charge in [-0.25, -0.2) is 0 Å². The van der Waals surface area contributed by atoms with Crippen LogP contribution in [0.15, 0.2) is 66.7 Å². The van der Waals surface area contributed by atoms with E-state index in [0.29, 0.717) is 0 Å². The second-order valence-electron chi connectivity index (χ2n) is 6.69. The van der Waals surface area contributed by atoms with E-state index < -0.39 is 0 Å². The van der Waals surface area contributed by atoms with Gasteiger partial charge < -0.3 is 0 Å². The fraction of sp³-hybridized carbons (Fsp3) is 0.364. The van der Waals surface area contributed by atoms with Gasteiger partial charge in [0, 0.05) is 6.54 Å². The summed E-state index contributed by atoms with van der Waals surface area (Å²) in [5, 5.41) is 0. The molecule has 128 valence electrons. The summed E-state index contributed by atoms with van der Waals surface area (Å²) in [7, 11) is 0. The van der Waals surface area contributed by atoms with Crippen molar-refractivity contribution in [3.8, 4) is 0 Å². The molecular weight excluding hydrogens is 314 g/mol. The van der Waals surface area contributed by atoms with Crippen molar-refractivity contribution in [2.45, 2.75) is 26.2 Å². The number of benzene rings is 2. The molecule has 1 heterocycles. The van der Waals surface area contributed by atoms with Crippen LogP contribution in [0.25, 0.3) is 5.57 Å². The van der Waals surface area contributed by atoms with Crippen molar-refractivity contribution in [2.24, 2.45) is 5.92 Å². The number of allylic oxidation sites excluding steroid dienone is 1. The maximum atomic E-state index is 2.59. The Morgan fingerprint density at radius 3 is 2.17 bits per heavy atom. The minimum Gasteiger partial charge on any atom is -0.300 e. The molecule has 0 bridgehead atoms. The Hall–Kier alpha value is -1.57. The molecule has 2 aromatic rings. The molecule has 0 N–H and O–H groups in total. The lowest BCUT2D eigenvalue weighted by Gasteiger charge is -2.31. The van der Waals surface area contributed by atoms with Gasteiger partial charge in [-0.3, -0.25) is 4.90 Å². The van der Waals surface area contributed by atoms with E-state index in [1.807, 2.05) is 0 Å². The molecule has 2 heteroatoms. The van der Waals surface area contributed by atoms with E-state index in [2.05, 4.69) is 78.6 Å². The third-order valence-corrected chi connectivity index (χ3v) is 4.96. The van der Waals surface area contributed by atoms with Gasteiger partial charge in [-0.15, -0.1) is 12.4 Å². The highest BCUT2D eigenvalue weighted by atomic mass is 35.5. The molecular formula is C22H28ClN. The Labute approximate surface area is 152 Å². The van der Waals surface area contributed by atoms with E-state index in [0.717, 1.165) is 12.5 Å². The first-order valence-electron chi connectivity index (χ1n) is 8.80. The van der Waals surface area contributed by atoms with Crippen molar-refractivity contribution in [3.05, 3.63) is 77.9 Å². The van der Waals surface area contributed by atoms with Gasteiger partial charge in [0.1, 0.15) is 0 Å². The molecule has 3 rings (SSSR count). The van der Waals surface area contributed by atoms with Gasteiger partial charge in [-0.05, 0) is 61.9 Å². The zero-order chi connectivity index (χ0) is 15.9. The van der Waals surface area contributed by atoms with Crippen LogP contribution in [0.1, 0.15) is 30.9 Å². The van der Waals surface area contributed by atoms with Crippen molar-refractivity contribution in [3.63, 3.8) is 0 Å². The highest BCUT2D eigenvalue weighted by molar-refractivity contribution is 5.85. The van der Waals surface area contributed by atoms with Gasteiger partial charge in [-0.2, -0.15) is 0 Å². The van der Waals surface area contributed by atoms with Gasteiger partial charge in [0.2, 0.25) is 0 Å². The highest BCUT2D eigenvalue weighted by Crippen LogP contribution is 2.22. The minimum absolute atomic E-state index is 0. The summed E-state index contributed by atoms with van der Waals surface area (Å²) in [6, 6.07) is 21.6. The Kier molecular flexibility index (Phi) is 7.55. The molecule has 0 spiro atoms. The summed E-state index contributed by atoms with van der Waals surface area (Å²) >= 11 is 0. The normalized spacial score (nSPS) is 16.6. The predicted octanol–water partition coefficient (Wildman–Crippen LogP) is 5.47. The van der Waals surface area contributed by atoms with Crippen LogP contribution in [0.5, 0.6) is 0 Å². The lowest BCUT2D eigenvalue weighted by Crippen LogP contribution is -2.34. The van der Waals surface area contributed by atoms with Gasteiger partial charge >= 0.3 is 0 Å². The van der Waals surface area contributed by atoms with Crippen LogP contribution in [-0.2, 0) is 6.42 Å². The molecule has 1 aliphatic rings. The third-order valence-electron chi connectivity index (χ3n) is 4.96. The maximum absolute atomic E-state index is 2.59. The van der Waals surface area contributed by atoms with Crippen molar-refractivity contribution in [2.75, 3.05) is 19.6 Å². The monoisotopic (exact) mass is 341 g/mol. The van der Waals surface area contributed by atoms with E-state index >= 15 is 0 Å². The van der Waals surface area contributed by atoms with Crippen LogP contribution in [0.4, 0.5) is 0 Å². The van der Waals surface area contributed by atoms with Crippen LogP contribution in [0.3, 0.4) is 0 Å². The SMILES string of the molecule is C/C(=C\CN1CCC(Cc2ccccc2)CC1)c1ccccc1.Cl. The molecule has 24 heavy (non-hydrogen) atoms. The van der Waals surface area contributed by atoms with Crippen LogP contribution in [-0.4, -0.2) is 24.5 Å². The molecule has 0 aromatic heterocycles. The van der Waals surface area contributed by atoms with Crippen molar-refractivity contribution in [1.29, 1.82) is 0 Å². The summed E-state index contributed by atoms with van der Waals surface area (Å²) in [5.74, 6) is 0.854. The summed E-state index contributed by atoms with van der Waals surface area (Å²) < 4.78 is 0. The largest absolute Gasteiger partial charge is 0.300 e. The zero-order valence-corrected chi connectivity index (χ0v) is 15.3. The summed E-state index contributed by atoms with van der Waals surface area (Å²) in [6.07, 6.45) is 6.28. The molecule has 2 aromatic carbocycles. The fourth-order valence-corrected chi connectivity index (χ4v) is 3.41. The number of halogens is 1. The quantitative estimate of drug-likeness (QED) is 0.697. The Balaban J connectivity index is 0.00000208. The average Bonchev–Trinajstić information content (AvgIpc) is 2.62. The molecule has 0 radical (unpaired) electrons. The van der Waals surface area contributed by atoms with E-state index in [1.54, 1.807) is 0 Å². The first-order valence-corrected chi connectivity index (χ1v) is 8.80. The fourth-order valence-electron chi connectivity index (χ4n) is 3.41. The van der Waals surface area contributed by atoms with Crippen LogP contribution in [0, 0.1) is 5.92 Å². The van der Waals surface area contributed by atoms with Crippen molar-refractivity contribution >= 4 is 18.0 Å². The number of hydrogen-bond donors (Lipinski definition) is 0. The standard InChI is InChI=1S/C22H27N.ClH/c1-19(22-10-6-3-7-11-22)12-15-23-16-13-21(14-17-23)18-20-8-4-2-5-9-20;/h2-12,21H,13-18H2,1H3;1H/b19-12+;. The highest BCUT2D eigenvalue weighted by Gasteiger charge is 2.18. The van der Waals surface area contributed by atoms with Gasteiger partial charge in [-0.1, -0.05) is 66.7 Å². The van der Waals surface area contributed by atoms with Crippen LogP contribution < -0.4 is 0 Å². The predicted molar refractivity (Wildman–Crippen MR) is 107 cm³/mol. The van der Waals surface area contributed by atoms with Crippen molar-refractivity contribution < 1.29 is 0 Å². The smallest absolute Gasteiger partial charge is 0.0169 e. The summed E-state index contributed by atoms with van der Waals surface area (Å²) in [5.41, 5.74) is 4.22. The topological polar surface area (TPSA) is 3.24 Å².